The molecule has 0 radical (unpaired) electrons. The van der Waals surface area contributed by atoms with Crippen LogP contribution in [0.3, 0.4) is 0 Å². The monoisotopic (exact) mass is 348 g/mol. The van der Waals surface area contributed by atoms with E-state index in [2.05, 4.69) is 13.8 Å². The summed E-state index contributed by atoms with van der Waals surface area (Å²) >= 11 is 0. The predicted octanol–water partition coefficient (Wildman–Crippen LogP) is 3.26. The van der Waals surface area contributed by atoms with Crippen LogP contribution in [0.5, 0.6) is 0 Å². The lowest BCUT2D eigenvalue weighted by Crippen LogP contribution is -2.60. The summed E-state index contributed by atoms with van der Waals surface area (Å²) in [5, 5.41) is 10.3. The van der Waals surface area contributed by atoms with Crippen molar-refractivity contribution in [3.05, 3.63) is 0 Å². The first-order valence-corrected chi connectivity index (χ1v) is 10.6. The van der Waals surface area contributed by atoms with Gasteiger partial charge in [-0.25, -0.2) is 0 Å². The highest BCUT2D eigenvalue weighted by Crippen LogP contribution is 2.74. The lowest BCUT2D eigenvalue weighted by molar-refractivity contribution is -0.245. The summed E-state index contributed by atoms with van der Waals surface area (Å²) in [5.74, 6) is 1.89. The normalized spacial score (nSPS) is 61.3. The smallest absolute Gasteiger partial charge is 0.174 e. The van der Waals surface area contributed by atoms with Crippen molar-refractivity contribution in [1.29, 1.82) is 0 Å². The standard InChI is InChI=1S/C21H32O4/c1-18-6-3-13(22)12-20(18)17(25-20)11-14-15(18)4-7-19(2)16(14)5-8-21(19)23-9-10-24-21/h13-17,22H,3-12H2,1-2H3/t13-,14+,15-,16-,17-,18+,19-,20-/m0/s1. The van der Waals surface area contributed by atoms with Crippen molar-refractivity contribution < 1.29 is 19.3 Å². The molecule has 2 aliphatic heterocycles. The molecule has 0 unspecified atom stereocenters. The Kier molecular flexibility index (Phi) is 2.93. The lowest BCUT2D eigenvalue weighted by atomic mass is 9.44. The lowest BCUT2D eigenvalue weighted by Gasteiger charge is -2.59. The zero-order valence-electron chi connectivity index (χ0n) is 15.6. The Labute approximate surface area is 150 Å². The number of fused-ring (bicyclic) bond motifs is 5. The molecule has 0 aromatic heterocycles. The number of hydrogen-bond acceptors (Lipinski definition) is 4. The molecule has 8 atom stereocenters. The summed E-state index contributed by atoms with van der Waals surface area (Å²) in [6, 6.07) is 0. The first kappa shape index (κ1) is 15.9. The summed E-state index contributed by atoms with van der Waals surface area (Å²) in [6.45, 7) is 6.47. The van der Waals surface area contributed by atoms with Gasteiger partial charge in [-0.05, 0) is 56.3 Å². The molecule has 140 valence electrons. The maximum atomic E-state index is 10.3. The number of hydrogen-bond donors (Lipinski definition) is 1. The molecular weight excluding hydrogens is 316 g/mol. The van der Waals surface area contributed by atoms with Crippen molar-refractivity contribution in [3.8, 4) is 0 Å². The van der Waals surface area contributed by atoms with E-state index in [0.29, 0.717) is 12.0 Å². The molecule has 2 heterocycles. The Bertz CT molecular complexity index is 601. The van der Waals surface area contributed by atoms with Crippen molar-refractivity contribution in [3.63, 3.8) is 0 Å². The molecule has 2 saturated heterocycles. The van der Waals surface area contributed by atoms with Crippen molar-refractivity contribution >= 4 is 0 Å². The molecule has 0 aromatic carbocycles. The number of aliphatic hydroxyl groups is 1. The molecule has 4 aliphatic carbocycles. The first-order chi connectivity index (χ1) is 11.9. The molecule has 4 nitrogen and oxygen atoms in total. The molecule has 4 saturated carbocycles. The van der Waals surface area contributed by atoms with Crippen LogP contribution in [0.2, 0.25) is 0 Å². The number of rotatable bonds is 0. The summed E-state index contributed by atoms with van der Waals surface area (Å²) in [7, 11) is 0. The Morgan fingerprint density at radius 1 is 0.880 bits per heavy atom. The molecule has 4 heteroatoms. The number of epoxide rings is 1. The fourth-order valence-electron chi connectivity index (χ4n) is 8.54. The highest BCUT2D eigenvalue weighted by molar-refractivity contribution is 5.24. The minimum absolute atomic E-state index is 0.00375. The summed E-state index contributed by atoms with van der Waals surface area (Å²) < 4.78 is 18.9. The maximum Gasteiger partial charge on any atom is 0.174 e. The van der Waals surface area contributed by atoms with Crippen LogP contribution in [0, 0.1) is 28.6 Å². The van der Waals surface area contributed by atoms with Crippen molar-refractivity contribution in [1.82, 2.24) is 0 Å². The van der Waals surface area contributed by atoms with Crippen LogP contribution in [0.15, 0.2) is 0 Å². The molecule has 2 spiro atoms. The topological polar surface area (TPSA) is 51.2 Å². The van der Waals surface area contributed by atoms with Gasteiger partial charge >= 0.3 is 0 Å². The molecule has 6 aliphatic rings. The van der Waals surface area contributed by atoms with E-state index in [4.69, 9.17) is 14.2 Å². The van der Waals surface area contributed by atoms with Gasteiger partial charge in [0.1, 0.15) is 5.60 Å². The summed E-state index contributed by atoms with van der Waals surface area (Å²) in [4.78, 5) is 0. The Hall–Kier alpha value is -0.160. The van der Waals surface area contributed by atoms with Crippen molar-refractivity contribution in [2.75, 3.05) is 13.2 Å². The van der Waals surface area contributed by atoms with Gasteiger partial charge in [0, 0.05) is 23.7 Å². The molecule has 0 bridgehead atoms. The van der Waals surface area contributed by atoms with Gasteiger partial charge in [0.15, 0.2) is 5.79 Å². The third-order valence-corrected chi connectivity index (χ3v) is 9.86. The Balaban J connectivity index is 1.36. The van der Waals surface area contributed by atoms with Crippen LogP contribution in [-0.4, -0.2) is 41.9 Å². The van der Waals surface area contributed by atoms with E-state index in [1.807, 2.05) is 0 Å². The van der Waals surface area contributed by atoms with E-state index in [1.165, 1.54) is 25.7 Å². The Morgan fingerprint density at radius 3 is 2.36 bits per heavy atom. The van der Waals surface area contributed by atoms with E-state index in [9.17, 15) is 5.11 Å². The van der Waals surface area contributed by atoms with E-state index >= 15 is 0 Å². The van der Waals surface area contributed by atoms with Gasteiger partial charge in [-0.3, -0.25) is 0 Å². The zero-order chi connectivity index (χ0) is 17.1. The average Bonchev–Trinajstić information content (AvgIpc) is 2.95. The Morgan fingerprint density at radius 2 is 1.56 bits per heavy atom. The van der Waals surface area contributed by atoms with Crippen molar-refractivity contribution in [2.45, 2.75) is 88.8 Å². The highest BCUT2D eigenvalue weighted by Gasteiger charge is 2.77. The molecule has 0 aromatic rings. The van der Waals surface area contributed by atoms with Crippen LogP contribution >= 0.6 is 0 Å². The van der Waals surface area contributed by atoms with Crippen LogP contribution in [0.25, 0.3) is 0 Å². The van der Waals surface area contributed by atoms with E-state index in [-0.39, 0.29) is 28.3 Å². The largest absolute Gasteiger partial charge is 0.393 e. The molecule has 6 fully saturated rings. The van der Waals surface area contributed by atoms with Crippen LogP contribution in [0.1, 0.15) is 65.2 Å². The number of ether oxygens (including phenoxy) is 3. The van der Waals surface area contributed by atoms with E-state index in [1.54, 1.807) is 0 Å². The molecule has 1 N–H and O–H groups in total. The van der Waals surface area contributed by atoms with Gasteiger partial charge in [-0.15, -0.1) is 0 Å². The number of aliphatic hydroxyl groups excluding tert-OH is 1. The molecule has 0 amide bonds. The second-order valence-electron chi connectivity index (χ2n) is 10.4. The summed E-state index contributed by atoms with van der Waals surface area (Å²) in [5.41, 5.74) is 0.425. The SMILES string of the molecule is C[C@]12CC[C@H]3[C@@H](C[C@@H]4O[C@@]45C[C@@H](O)CC[C@]35C)[C@@H]1CCC21OCCO1. The molecule has 6 rings (SSSR count). The van der Waals surface area contributed by atoms with Gasteiger partial charge in [-0.1, -0.05) is 13.8 Å². The second kappa shape index (κ2) is 4.63. The van der Waals surface area contributed by atoms with Gasteiger partial charge in [0.25, 0.3) is 0 Å². The second-order valence-corrected chi connectivity index (χ2v) is 10.4. The van der Waals surface area contributed by atoms with Gasteiger partial charge in [0.05, 0.1) is 25.4 Å². The summed E-state index contributed by atoms with van der Waals surface area (Å²) in [6.07, 6.45) is 9.20. The maximum absolute atomic E-state index is 10.3. The molecule has 25 heavy (non-hydrogen) atoms. The predicted molar refractivity (Wildman–Crippen MR) is 91.9 cm³/mol. The third kappa shape index (κ3) is 1.66. The van der Waals surface area contributed by atoms with Crippen molar-refractivity contribution in [2.24, 2.45) is 28.6 Å². The zero-order valence-corrected chi connectivity index (χ0v) is 15.6. The van der Waals surface area contributed by atoms with Gasteiger partial charge in [0.2, 0.25) is 0 Å². The fourth-order valence-corrected chi connectivity index (χ4v) is 8.54. The van der Waals surface area contributed by atoms with Crippen LogP contribution in [0.4, 0.5) is 0 Å². The quantitative estimate of drug-likeness (QED) is 0.683. The minimum Gasteiger partial charge on any atom is -0.393 e. The van der Waals surface area contributed by atoms with Gasteiger partial charge < -0.3 is 19.3 Å². The van der Waals surface area contributed by atoms with E-state index in [0.717, 1.165) is 50.7 Å². The van der Waals surface area contributed by atoms with Gasteiger partial charge in [-0.2, -0.15) is 0 Å². The highest BCUT2D eigenvalue weighted by atomic mass is 16.7. The van der Waals surface area contributed by atoms with E-state index < -0.39 is 0 Å². The minimum atomic E-state index is -0.300. The third-order valence-electron chi connectivity index (χ3n) is 9.86. The first-order valence-electron chi connectivity index (χ1n) is 10.6. The molecular formula is C21H32O4. The fraction of sp³-hybridized carbons (Fsp3) is 1.00. The average molecular weight is 348 g/mol. The van der Waals surface area contributed by atoms with Crippen LogP contribution in [-0.2, 0) is 14.2 Å². The van der Waals surface area contributed by atoms with Crippen LogP contribution < -0.4 is 0 Å².